The number of nitrogens with two attached hydrogens (primary N) is 1. The van der Waals surface area contributed by atoms with E-state index >= 15 is 0 Å². The second kappa shape index (κ2) is 12.3. The lowest BCUT2D eigenvalue weighted by Crippen LogP contribution is -2.44. The highest BCUT2D eigenvalue weighted by molar-refractivity contribution is 6.34. The Bertz CT molecular complexity index is 1930. The van der Waals surface area contributed by atoms with Crippen LogP contribution in [0.15, 0.2) is 6.07 Å². The Hall–Kier alpha value is -4.06. The van der Waals surface area contributed by atoms with E-state index in [-0.39, 0.29) is 42.1 Å². The van der Waals surface area contributed by atoms with Crippen LogP contribution in [0.5, 0.6) is 6.01 Å². The largest absolute Gasteiger partial charge is 0.461 e. The molecule has 0 radical (unpaired) electrons. The summed E-state index contributed by atoms with van der Waals surface area (Å²) < 4.78 is 44.4. The quantitative estimate of drug-likeness (QED) is 0.382. The van der Waals surface area contributed by atoms with Gasteiger partial charge in [-0.05, 0) is 56.7 Å². The van der Waals surface area contributed by atoms with E-state index in [0.29, 0.717) is 86.1 Å². The lowest BCUT2D eigenvalue weighted by molar-refractivity contribution is -0.0857. The van der Waals surface area contributed by atoms with E-state index in [1.54, 1.807) is 18.8 Å². The minimum atomic E-state index is -0.938. The second-order valence-electron chi connectivity index (χ2n) is 14.5. The number of fused-ring (bicyclic) bond motifs is 5. The van der Waals surface area contributed by atoms with Gasteiger partial charge in [-0.25, -0.2) is 8.78 Å². The summed E-state index contributed by atoms with van der Waals surface area (Å²) in [5.41, 5.74) is 8.46. The van der Waals surface area contributed by atoms with Crippen LogP contribution in [0.4, 0.5) is 20.3 Å². The molecule has 2 N–H and O–H groups in total. The first-order valence-electron chi connectivity index (χ1n) is 17.3. The fourth-order valence-corrected chi connectivity index (χ4v) is 9.14. The van der Waals surface area contributed by atoms with Crippen LogP contribution in [-0.2, 0) is 42.9 Å². The van der Waals surface area contributed by atoms with Gasteiger partial charge in [-0.15, -0.1) is 0 Å². The van der Waals surface area contributed by atoms with Crippen molar-refractivity contribution in [3.8, 4) is 12.1 Å². The maximum atomic E-state index is 14.8. The summed E-state index contributed by atoms with van der Waals surface area (Å²) in [4.78, 5) is 28.6. The molecule has 264 valence electrons. The molecule has 4 aliphatic heterocycles. The molecular weight excluding hydrogens is 668 g/mol. The summed E-state index contributed by atoms with van der Waals surface area (Å²) in [6.07, 6.45) is 4.30. The van der Waals surface area contributed by atoms with Gasteiger partial charge >= 0.3 is 6.01 Å². The van der Waals surface area contributed by atoms with Crippen molar-refractivity contribution in [1.29, 1.82) is 5.26 Å². The highest BCUT2D eigenvalue weighted by Crippen LogP contribution is 2.49. The number of nitrogens with zero attached hydrogens (tertiary/aromatic N) is 8. The lowest BCUT2D eigenvalue weighted by Gasteiger charge is -2.43. The van der Waals surface area contributed by atoms with E-state index in [9.17, 15) is 18.8 Å². The van der Waals surface area contributed by atoms with Crippen LogP contribution in [-0.4, -0.2) is 87.5 Å². The molecule has 1 spiro atoms. The fraction of sp³-hybridized carbons (Fsp3) is 0.571. The molecule has 3 aromatic rings. The number of nitriles is 1. The third kappa shape index (κ3) is 5.27. The normalized spacial score (nSPS) is 25.8. The molecule has 15 heteroatoms. The van der Waals surface area contributed by atoms with Crippen molar-refractivity contribution in [3.05, 3.63) is 56.2 Å². The average Bonchev–Trinajstić information content (AvgIpc) is 3.66. The topological polar surface area (TPSA) is 139 Å². The standard InChI is InChI=1S/C35H40ClF2N9O3/c1-44(2)32(48)30-28(36)26-17-45(9-5-11-47(26)43-30)31-23-18-50-35(8-3-6-20-12-24(38)29(40)22(15-39)27(20)35)14-25(23)41-33(42-31)49-19-34-7-4-10-46(34)16-21(37)13-34/h12,21H,3-11,13-14,16-19,40H2,1-2H3/t21-,34?,35?/m1/s1. The molecule has 8 rings (SSSR count). The lowest BCUT2D eigenvalue weighted by atomic mass is 9.72. The minimum absolute atomic E-state index is 0.106. The van der Waals surface area contributed by atoms with Gasteiger partial charge in [0.25, 0.3) is 5.91 Å². The number of anilines is 2. The Kier molecular flexibility index (Phi) is 8.15. The maximum absolute atomic E-state index is 14.8. The Labute approximate surface area is 294 Å². The molecular formula is C35H40ClF2N9O3. The summed E-state index contributed by atoms with van der Waals surface area (Å²) in [5.74, 6) is -0.258. The third-order valence-electron chi connectivity index (χ3n) is 11.3. The summed E-state index contributed by atoms with van der Waals surface area (Å²) in [5, 5.41) is 15.0. The Morgan fingerprint density at radius 1 is 1.24 bits per heavy atom. The molecule has 0 saturated carbocycles. The molecule has 2 aromatic heterocycles. The Morgan fingerprint density at radius 2 is 2.08 bits per heavy atom. The molecule has 0 bridgehead atoms. The van der Waals surface area contributed by atoms with Crippen LogP contribution < -0.4 is 15.4 Å². The molecule has 3 atom stereocenters. The maximum Gasteiger partial charge on any atom is 0.318 e. The smallest absolute Gasteiger partial charge is 0.318 e. The predicted octanol–water partition coefficient (Wildman–Crippen LogP) is 4.29. The SMILES string of the molecule is CN(C)C(=O)c1nn2c(c1Cl)CN(c1nc(OCC34CCCN3C[C@H](F)C4)nc3c1COC1(CCCc4cc(F)c(N)c(C#N)c41)C3)CCC2. The number of nitrogen functional groups attached to an aromatic ring is 1. The Morgan fingerprint density at radius 3 is 2.88 bits per heavy atom. The molecule has 1 aliphatic carbocycles. The van der Waals surface area contributed by atoms with Crippen LogP contribution >= 0.6 is 11.6 Å². The predicted molar refractivity (Wildman–Crippen MR) is 180 cm³/mol. The molecule has 2 saturated heterocycles. The number of hydrogen-bond acceptors (Lipinski definition) is 10. The van der Waals surface area contributed by atoms with Gasteiger partial charge in [-0.3, -0.25) is 14.4 Å². The molecule has 2 unspecified atom stereocenters. The monoisotopic (exact) mass is 707 g/mol. The van der Waals surface area contributed by atoms with Crippen molar-refractivity contribution in [3.63, 3.8) is 0 Å². The Balaban J connectivity index is 1.20. The third-order valence-corrected chi connectivity index (χ3v) is 11.7. The van der Waals surface area contributed by atoms with Crippen molar-refractivity contribution in [2.45, 2.75) is 88.4 Å². The van der Waals surface area contributed by atoms with E-state index in [1.807, 2.05) is 0 Å². The molecule has 2 fully saturated rings. The van der Waals surface area contributed by atoms with Gasteiger partial charge in [0.2, 0.25) is 0 Å². The first-order valence-corrected chi connectivity index (χ1v) is 17.7. The highest BCUT2D eigenvalue weighted by Gasteiger charge is 2.50. The number of halogens is 3. The van der Waals surface area contributed by atoms with E-state index in [4.69, 9.17) is 36.8 Å². The number of aromatic nitrogens is 4. The molecule has 1 aromatic carbocycles. The van der Waals surface area contributed by atoms with Crippen LogP contribution in [0.1, 0.15) is 82.7 Å². The van der Waals surface area contributed by atoms with Gasteiger partial charge < -0.3 is 25.0 Å². The molecule has 5 aliphatic rings. The van der Waals surface area contributed by atoms with Crippen molar-refractivity contribution in [2.75, 3.05) is 51.0 Å². The summed E-state index contributed by atoms with van der Waals surface area (Å²) >= 11 is 6.83. The van der Waals surface area contributed by atoms with Gasteiger partial charge in [0.05, 0.1) is 46.4 Å². The highest BCUT2D eigenvalue weighted by atomic mass is 35.5. The number of hydrogen-bond donors (Lipinski definition) is 1. The number of amides is 1. The molecule has 12 nitrogen and oxygen atoms in total. The van der Waals surface area contributed by atoms with Gasteiger partial charge in [-0.2, -0.15) is 20.3 Å². The first kappa shape index (κ1) is 33.1. The molecule has 1 amide bonds. The van der Waals surface area contributed by atoms with Crippen LogP contribution in [0.3, 0.4) is 0 Å². The van der Waals surface area contributed by atoms with Crippen molar-refractivity contribution in [1.82, 2.24) is 29.5 Å². The fourth-order valence-electron chi connectivity index (χ4n) is 8.87. The summed E-state index contributed by atoms with van der Waals surface area (Å²) in [7, 11) is 3.32. The zero-order chi connectivity index (χ0) is 34.9. The van der Waals surface area contributed by atoms with E-state index < -0.39 is 23.1 Å². The van der Waals surface area contributed by atoms with Crippen LogP contribution in [0, 0.1) is 17.1 Å². The average molecular weight is 708 g/mol. The number of carbonyl (C=O) groups excluding carboxylic acids is 1. The zero-order valence-corrected chi connectivity index (χ0v) is 29.0. The van der Waals surface area contributed by atoms with Crippen LogP contribution in [0.2, 0.25) is 5.02 Å². The van der Waals surface area contributed by atoms with Gasteiger partial charge in [-0.1, -0.05) is 11.6 Å². The van der Waals surface area contributed by atoms with Gasteiger partial charge in [0.15, 0.2) is 5.69 Å². The number of ether oxygens (including phenoxy) is 2. The van der Waals surface area contributed by atoms with Gasteiger partial charge in [0.1, 0.15) is 36.1 Å². The number of benzene rings is 1. The van der Waals surface area contributed by atoms with E-state index in [0.717, 1.165) is 36.9 Å². The van der Waals surface area contributed by atoms with Crippen LogP contribution in [0.25, 0.3) is 0 Å². The molecule has 6 heterocycles. The number of rotatable bonds is 5. The first-order chi connectivity index (χ1) is 24.0. The summed E-state index contributed by atoms with van der Waals surface area (Å²) in [6.45, 7) is 3.16. The zero-order valence-electron chi connectivity index (χ0n) is 28.3. The van der Waals surface area contributed by atoms with Crippen molar-refractivity contribution < 1.29 is 23.0 Å². The number of aryl methyl sites for hydroxylation is 2. The minimum Gasteiger partial charge on any atom is -0.461 e. The second-order valence-corrected chi connectivity index (χ2v) is 14.9. The number of alkyl halides is 1. The number of carbonyl (C=O) groups is 1. The van der Waals surface area contributed by atoms with E-state index in [2.05, 4.69) is 21.0 Å². The van der Waals surface area contributed by atoms with E-state index in [1.165, 1.54) is 11.0 Å². The van der Waals surface area contributed by atoms with Crippen molar-refractivity contribution >= 4 is 29.0 Å². The van der Waals surface area contributed by atoms with Gasteiger partial charge in [0, 0.05) is 57.7 Å². The molecule has 50 heavy (non-hydrogen) atoms. The van der Waals surface area contributed by atoms with Crippen molar-refractivity contribution in [2.24, 2.45) is 0 Å². The summed E-state index contributed by atoms with van der Waals surface area (Å²) in [6, 6.07) is 3.76.